The van der Waals surface area contributed by atoms with Gasteiger partial charge in [-0.1, -0.05) is 12.5 Å². The van der Waals surface area contributed by atoms with E-state index in [0.717, 1.165) is 19.1 Å². The van der Waals surface area contributed by atoms with Crippen molar-refractivity contribution in [3.05, 3.63) is 12.7 Å². The first-order chi connectivity index (χ1) is 6.38. The Morgan fingerprint density at radius 3 is 3.00 bits per heavy atom. The van der Waals surface area contributed by atoms with Crippen LogP contribution in [0, 0.1) is 5.92 Å². The molecule has 0 aromatic heterocycles. The second kappa shape index (κ2) is 5.92. The van der Waals surface area contributed by atoms with Crippen LogP contribution in [0.5, 0.6) is 0 Å². The monoisotopic (exact) mass is 182 g/mol. The van der Waals surface area contributed by atoms with Gasteiger partial charge < -0.3 is 9.53 Å². The molecule has 13 heavy (non-hydrogen) atoms. The summed E-state index contributed by atoms with van der Waals surface area (Å²) in [5.74, 6) is 0.602. The summed E-state index contributed by atoms with van der Waals surface area (Å²) < 4.78 is 5.63. The summed E-state index contributed by atoms with van der Waals surface area (Å²) in [6.07, 6.45) is 8.44. The fraction of sp³-hybridized carbons (Fsp3) is 0.727. The van der Waals surface area contributed by atoms with Crippen molar-refractivity contribution in [2.24, 2.45) is 5.92 Å². The largest absolute Gasteiger partial charge is 0.374 e. The van der Waals surface area contributed by atoms with Crippen LogP contribution < -0.4 is 0 Å². The van der Waals surface area contributed by atoms with Crippen LogP contribution in [0.15, 0.2) is 12.7 Å². The zero-order valence-electron chi connectivity index (χ0n) is 8.08. The number of carbonyl (C=O) groups excluding carboxylic acids is 1. The van der Waals surface area contributed by atoms with Gasteiger partial charge in [0.1, 0.15) is 6.29 Å². The maximum Gasteiger partial charge on any atom is 0.120 e. The number of carbonyl (C=O) groups is 1. The highest BCUT2D eigenvalue weighted by Crippen LogP contribution is 2.31. The van der Waals surface area contributed by atoms with Crippen LogP contribution in [-0.4, -0.2) is 19.0 Å². The summed E-state index contributed by atoms with van der Waals surface area (Å²) in [6.45, 7) is 4.27. The molecule has 0 aromatic carbocycles. The summed E-state index contributed by atoms with van der Waals surface area (Å²) in [4.78, 5) is 10.2. The predicted octanol–water partition coefficient (Wildman–Crippen LogP) is 2.34. The molecule has 1 rings (SSSR count). The van der Waals surface area contributed by atoms with Gasteiger partial charge in [-0.15, -0.1) is 6.58 Å². The summed E-state index contributed by atoms with van der Waals surface area (Å²) in [7, 11) is 0. The van der Waals surface area contributed by atoms with Crippen molar-refractivity contribution in [1.82, 2.24) is 0 Å². The van der Waals surface area contributed by atoms with Crippen LogP contribution in [-0.2, 0) is 9.53 Å². The maximum absolute atomic E-state index is 10.2. The maximum atomic E-state index is 10.2. The SMILES string of the molecule is C=CCOC1CCCC1CCC=O. The molecule has 2 heteroatoms. The van der Waals surface area contributed by atoms with E-state index in [0.29, 0.717) is 25.0 Å². The van der Waals surface area contributed by atoms with E-state index in [-0.39, 0.29) is 0 Å². The Hall–Kier alpha value is -0.630. The highest BCUT2D eigenvalue weighted by molar-refractivity contribution is 5.49. The van der Waals surface area contributed by atoms with E-state index in [1.54, 1.807) is 6.08 Å². The molecule has 2 unspecified atom stereocenters. The standard InChI is InChI=1S/C11H18O2/c1-2-9-13-11-7-3-5-10(11)6-4-8-12/h2,8,10-11H,1,3-7,9H2. The molecular formula is C11H18O2. The van der Waals surface area contributed by atoms with Crippen LogP contribution in [0.1, 0.15) is 32.1 Å². The molecule has 2 atom stereocenters. The minimum atomic E-state index is 0.373. The second-order valence-corrected chi connectivity index (χ2v) is 3.60. The highest BCUT2D eigenvalue weighted by Gasteiger charge is 2.26. The fourth-order valence-electron chi connectivity index (χ4n) is 2.03. The summed E-state index contributed by atoms with van der Waals surface area (Å²) in [5.41, 5.74) is 0. The molecule has 2 nitrogen and oxygen atoms in total. The first kappa shape index (κ1) is 10.5. The molecule has 1 aliphatic carbocycles. The molecule has 74 valence electrons. The van der Waals surface area contributed by atoms with Gasteiger partial charge in [-0.2, -0.15) is 0 Å². The van der Waals surface area contributed by atoms with E-state index in [1.165, 1.54) is 12.8 Å². The second-order valence-electron chi connectivity index (χ2n) is 3.60. The lowest BCUT2D eigenvalue weighted by molar-refractivity contribution is -0.108. The number of hydrogen-bond donors (Lipinski definition) is 0. The van der Waals surface area contributed by atoms with Gasteiger partial charge in [0.15, 0.2) is 0 Å². The van der Waals surface area contributed by atoms with Crippen LogP contribution in [0.2, 0.25) is 0 Å². The topological polar surface area (TPSA) is 26.3 Å². The quantitative estimate of drug-likeness (QED) is 0.465. The smallest absolute Gasteiger partial charge is 0.120 e. The first-order valence-corrected chi connectivity index (χ1v) is 5.04. The molecule has 1 fully saturated rings. The van der Waals surface area contributed by atoms with E-state index >= 15 is 0 Å². The fourth-order valence-corrected chi connectivity index (χ4v) is 2.03. The Labute approximate surface area is 80.0 Å². The van der Waals surface area contributed by atoms with E-state index in [4.69, 9.17) is 4.74 Å². The van der Waals surface area contributed by atoms with E-state index in [9.17, 15) is 4.79 Å². The van der Waals surface area contributed by atoms with Crippen molar-refractivity contribution < 1.29 is 9.53 Å². The lowest BCUT2D eigenvalue weighted by Crippen LogP contribution is -2.18. The van der Waals surface area contributed by atoms with Crippen molar-refractivity contribution >= 4 is 6.29 Å². The lowest BCUT2D eigenvalue weighted by Gasteiger charge is -2.18. The average molecular weight is 182 g/mol. The van der Waals surface area contributed by atoms with Crippen molar-refractivity contribution in [1.29, 1.82) is 0 Å². The molecule has 1 saturated carbocycles. The number of rotatable bonds is 6. The average Bonchev–Trinajstić information content (AvgIpc) is 2.59. The van der Waals surface area contributed by atoms with E-state index in [1.807, 2.05) is 0 Å². The minimum Gasteiger partial charge on any atom is -0.374 e. The normalized spacial score (nSPS) is 27.4. The molecule has 0 N–H and O–H groups in total. The van der Waals surface area contributed by atoms with Crippen molar-refractivity contribution in [2.45, 2.75) is 38.2 Å². The van der Waals surface area contributed by atoms with Crippen LogP contribution in [0.4, 0.5) is 0 Å². The van der Waals surface area contributed by atoms with Crippen molar-refractivity contribution in [3.63, 3.8) is 0 Å². The zero-order valence-corrected chi connectivity index (χ0v) is 8.08. The molecule has 0 heterocycles. The Morgan fingerprint density at radius 1 is 1.46 bits per heavy atom. The molecule has 0 spiro atoms. The third kappa shape index (κ3) is 3.31. The lowest BCUT2D eigenvalue weighted by atomic mass is 10.00. The Kier molecular flexibility index (Phi) is 4.76. The number of ether oxygens (including phenoxy) is 1. The first-order valence-electron chi connectivity index (χ1n) is 5.04. The Bertz CT molecular complexity index is 147. The molecule has 0 radical (unpaired) electrons. The van der Waals surface area contributed by atoms with Gasteiger partial charge in [0.05, 0.1) is 12.7 Å². The molecule has 0 bridgehead atoms. The van der Waals surface area contributed by atoms with E-state index in [2.05, 4.69) is 6.58 Å². The summed E-state index contributed by atoms with van der Waals surface area (Å²) >= 11 is 0. The van der Waals surface area contributed by atoms with Gasteiger partial charge in [-0.25, -0.2) is 0 Å². The van der Waals surface area contributed by atoms with Gasteiger partial charge in [0.2, 0.25) is 0 Å². The van der Waals surface area contributed by atoms with Gasteiger partial charge in [0.25, 0.3) is 0 Å². The van der Waals surface area contributed by atoms with Gasteiger partial charge in [-0.3, -0.25) is 0 Å². The van der Waals surface area contributed by atoms with Gasteiger partial charge in [0, 0.05) is 6.42 Å². The summed E-state index contributed by atoms with van der Waals surface area (Å²) in [5, 5.41) is 0. The molecular weight excluding hydrogens is 164 g/mol. The van der Waals surface area contributed by atoms with Gasteiger partial charge >= 0.3 is 0 Å². The minimum absolute atomic E-state index is 0.373. The number of hydrogen-bond acceptors (Lipinski definition) is 2. The molecule has 0 saturated heterocycles. The summed E-state index contributed by atoms with van der Waals surface area (Å²) in [6, 6.07) is 0. The van der Waals surface area contributed by atoms with Crippen LogP contribution in [0.25, 0.3) is 0 Å². The molecule has 0 aliphatic heterocycles. The third-order valence-corrected chi connectivity index (χ3v) is 2.67. The molecule has 0 aromatic rings. The van der Waals surface area contributed by atoms with Crippen molar-refractivity contribution in [3.8, 4) is 0 Å². The van der Waals surface area contributed by atoms with Gasteiger partial charge in [-0.05, 0) is 25.2 Å². The molecule has 1 aliphatic rings. The zero-order chi connectivity index (χ0) is 9.52. The highest BCUT2D eigenvalue weighted by atomic mass is 16.5. The van der Waals surface area contributed by atoms with E-state index < -0.39 is 0 Å². The van der Waals surface area contributed by atoms with Crippen molar-refractivity contribution in [2.75, 3.05) is 6.61 Å². The predicted molar refractivity (Wildman–Crippen MR) is 52.6 cm³/mol. The Morgan fingerprint density at radius 2 is 2.31 bits per heavy atom. The Balaban J connectivity index is 2.25. The van der Waals surface area contributed by atoms with Crippen LogP contribution in [0.3, 0.4) is 0 Å². The third-order valence-electron chi connectivity index (χ3n) is 2.67. The number of aldehydes is 1. The van der Waals surface area contributed by atoms with Crippen LogP contribution >= 0.6 is 0 Å². The molecule has 0 amide bonds.